The quantitative estimate of drug-likeness (QED) is 0.376. The van der Waals surface area contributed by atoms with E-state index in [4.69, 9.17) is 11.6 Å². The first-order valence-corrected chi connectivity index (χ1v) is 10.5. The number of nitrogens with one attached hydrogen (secondary N) is 1. The molecule has 0 aliphatic rings. The number of halogens is 2. The van der Waals surface area contributed by atoms with Crippen LogP contribution < -0.4 is 5.32 Å². The molecule has 4 aromatic rings. The van der Waals surface area contributed by atoms with Gasteiger partial charge in [-0.1, -0.05) is 45.7 Å². The van der Waals surface area contributed by atoms with Crippen molar-refractivity contribution in [1.82, 2.24) is 14.8 Å². The Morgan fingerprint density at radius 1 is 1.03 bits per heavy atom. The average Bonchev–Trinajstić information content (AvgIpc) is 3.16. The molecule has 1 amide bonds. The number of aryl methyl sites for hydroxylation is 2. The summed E-state index contributed by atoms with van der Waals surface area (Å²) in [6, 6.07) is 20.8. The number of carbonyl (C=O) groups excluding carboxylic acids is 1. The van der Waals surface area contributed by atoms with E-state index in [9.17, 15) is 4.79 Å². The maximum Gasteiger partial charge on any atom is 0.295 e. The van der Waals surface area contributed by atoms with E-state index in [-0.39, 0.29) is 11.7 Å². The van der Waals surface area contributed by atoms with Gasteiger partial charge in [-0.2, -0.15) is 0 Å². The van der Waals surface area contributed by atoms with Crippen molar-refractivity contribution in [1.29, 1.82) is 0 Å². The maximum atomic E-state index is 12.9. The summed E-state index contributed by atoms with van der Waals surface area (Å²) >= 11 is 9.46. The SMILES string of the molecule is Cc1ccc(C)c(-n2nc(C(=O)Nc3cccc(Br)c3)nc2-c2ccc(Cl)cc2)c1. The van der Waals surface area contributed by atoms with Gasteiger partial charge in [0.1, 0.15) is 0 Å². The fourth-order valence-electron chi connectivity index (χ4n) is 3.06. The van der Waals surface area contributed by atoms with Crippen LogP contribution >= 0.6 is 27.5 Å². The lowest BCUT2D eigenvalue weighted by molar-refractivity contribution is 0.101. The molecule has 0 fully saturated rings. The smallest absolute Gasteiger partial charge is 0.295 e. The standard InChI is InChI=1S/C23H18BrClN4O/c1-14-6-7-15(2)20(12-14)29-22(16-8-10-18(25)11-9-16)27-21(28-29)23(30)26-19-5-3-4-17(24)13-19/h3-13H,1-2H3,(H,26,30). The Labute approximate surface area is 187 Å². The molecular weight excluding hydrogens is 464 g/mol. The predicted molar refractivity (Wildman–Crippen MR) is 123 cm³/mol. The van der Waals surface area contributed by atoms with Gasteiger partial charge in [0, 0.05) is 20.7 Å². The zero-order valence-electron chi connectivity index (χ0n) is 16.4. The summed E-state index contributed by atoms with van der Waals surface area (Å²) in [6.45, 7) is 4.02. The molecule has 0 atom stereocenters. The van der Waals surface area contributed by atoms with Crippen LogP contribution in [-0.2, 0) is 0 Å². The normalized spacial score (nSPS) is 10.8. The lowest BCUT2D eigenvalue weighted by Crippen LogP contribution is -2.14. The van der Waals surface area contributed by atoms with Crippen LogP contribution in [0, 0.1) is 13.8 Å². The highest BCUT2D eigenvalue weighted by Gasteiger charge is 2.20. The molecule has 0 radical (unpaired) electrons. The summed E-state index contributed by atoms with van der Waals surface area (Å²) in [7, 11) is 0. The first kappa shape index (κ1) is 20.3. The topological polar surface area (TPSA) is 59.8 Å². The maximum absolute atomic E-state index is 12.9. The Kier molecular flexibility index (Phi) is 5.70. The van der Waals surface area contributed by atoms with Gasteiger partial charge in [-0.3, -0.25) is 4.79 Å². The van der Waals surface area contributed by atoms with Crippen molar-refractivity contribution in [2.75, 3.05) is 5.32 Å². The Morgan fingerprint density at radius 3 is 2.53 bits per heavy atom. The molecule has 7 heteroatoms. The molecule has 1 aromatic heterocycles. The molecule has 30 heavy (non-hydrogen) atoms. The Balaban J connectivity index is 1.80. The fourth-order valence-corrected chi connectivity index (χ4v) is 3.59. The molecule has 0 unspecified atom stereocenters. The molecule has 0 saturated carbocycles. The van der Waals surface area contributed by atoms with Gasteiger partial charge in [0.15, 0.2) is 5.82 Å². The third-order valence-electron chi connectivity index (χ3n) is 4.59. The summed E-state index contributed by atoms with van der Waals surface area (Å²) in [6.07, 6.45) is 0. The van der Waals surface area contributed by atoms with Crippen molar-refractivity contribution < 1.29 is 4.79 Å². The van der Waals surface area contributed by atoms with Crippen LogP contribution in [0.2, 0.25) is 5.02 Å². The van der Waals surface area contributed by atoms with Gasteiger partial charge >= 0.3 is 0 Å². The molecule has 3 aromatic carbocycles. The number of nitrogens with zero attached hydrogens (tertiary/aromatic N) is 3. The van der Waals surface area contributed by atoms with Crippen molar-refractivity contribution in [2.24, 2.45) is 0 Å². The molecular formula is C23H18BrClN4O. The van der Waals surface area contributed by atoms with E-state index in [1.165, 1.54) is 0 Å². The second kappa shape index (κ2) is 8.42. The van der Waals surface area contributed by atoms with E-state index in [0.717, 1.165) is 26.9 Å². The second-order valence-corrected chi connectivity index (χ2v) is 8.28. The van der Waals surface area contributed by atoms with E-state index < -0.39 is 0 Å². The number of benzene rings is 3. The lowest BCUT2D eigenvalue weighted by Gasteiger charge is -2.10. The molecule has 5 nitrogen and oxygen atoms in total. The molecule has 0 aliphatic carbocycles. The zero-order chi connectivity index (χ0) is 21.3. The van der Waals surface area contributed by atoms with Crippen LogP contribution in [0.3, 0.4) is 0 Å². The van der Waals surface area contributed by atoms with E-state index in [2.05, 4.69) is 31.3 Å². The molecule has 1 N–H and O–H groups in total. The predicted octanol–water partition coefficient (Wildman–Crippen LogP) is 6.22. The van der Waals surface area contributed by atoms with Gasteiger partial charge in [-0.05, 0) is 73.5 Å². The first-order valence-electron chi connectivity index (χ1n) is 9.28. The number of anilines is 1. The van der Waals surface area contributed by atoms with E-state index in [0.29, 0.717) is 16.5 Å². The highest BCUT2D eigenvalue weighted by atomic mass is 79.9. The zero-order valence-corrected chi connectivity index (χ0v) is 18.7. The van der Waals surface area contributed by atoms with Crippen LogP contribution in [0.1, 0.15) is 21.7 Å². The summed E-state index contributed by atoms with van der Waals surface area (Å²) in [5.74, 6) is 0.271. The Morgan fingerprint density at radius 2 is 1.80 bits per heavy atom. The van der Waals surface area contributed by atoms with Crippen LogP contribution in [0.5, 0.6) is 0 Å². The van der Waals surface area contributed by atoms with Crippen LogP contribution in [0.4, 0.5) is 5.69 Å². The minimum Gasteiger partial charge on any atom is -0.319 e. The van der Waals surface area contributed by atoms with Crippen molar-refractivity contribution in [3.63, 3.8) is 0 Å². The van der Waals surface area contributed by atoms with E-state index >= 15 is 0 Å². The van der Waals surface area contributed by atoms with Gasteiger partial charge in [0.05, 0.1) is 5.69 Å². The molecule has 0 bridgehead atoms. The summed E-state index contributed by atoms with van der Waals surface area (Å²) < 4.78 is 2.58. The van der Waals surface area contributed by atoms with Crippen molar-refractivity contribution in [3.05, 3.63) is 93.2 Å². The lowest BCUT2D eigenvalue weighted by atomic mass is 10.1. The van der Waals surface area contributed by atoms with Gasteiger partial charge in [-0.15, -0.1) is 5.10 Å². The van der Waals surface area contributed by atoms with Gasteiger partial charge in [0.2, 0.25) is 5.82 Å². The number of carbonyl (C=O) groups is 1. The third kappa shape index (κ3) is 4.30. The number of aromatic nitrogens is 3. The van der Waals surface area contributed by atoms with Gasteiger partial charge < -0.3 is 5.32 Å². The van der Waals surface area contributed by atoms with Crippen molar-refractivity contribution in [2.45, 2.75) is 13.8 Å². The van der Waals surface area contributed by atoms with Crippen molar-refractivity contribution >= 4 is 39.1 Å². The van der Waals surface area contributed by atoms with E-state index in [1.54, 1.807) is 16.8 Å². The minimum absolute atomic E-state index is 0.0841. The van der Waals surface area contributed by atoms with E-state index in [1.807, 2.05) is 68.4 Å². The summed E-state index contributed by atoms with van der Waals surface area (Å²) in [5, 5.41) is 8.03. The molecule has 150 valence electrons. The Bertz CT molecular complexity index is 1230. The van der Waals surface area contributed by atoms with Gasteiger partial charge in [-0.25, -0.2) is 9.67 Å². The second-order valence-electron chi connectivity index (χ2n) is 6.93. The number of rotatable bonds is 4. The number of hydrogen-bond acceptors (Lipinski definition) is 3. The van der Waals surface area contributed by atoms with Gasteiger partial charge in [0.25, 0.3) is 5.91 Å². The summed E-state index contributed by atoms with van der Waals surface area (Å²) in [5.41, 5.74) is 4.46. The number of amides is 1. The average molecular weight is 482 g/mol. The molecule has 0 saturated heterocycles. The van der Waals surface area contributed by atoms with Crippen LogP contribution in [-0.4, -0.2) is 20.7 Å². The monoisotopic (exact) mass is 480 g/mol. The van der Waals surface area contributed by atoms with Crippen LogP contribution in [0.25, 0.3) is 17.1 Å². The third-order valence-corrected chi connectivity index (χ3v) is 5.33. The first-order chi connectivity index (χ1) is 14.4. The fraction of sp³-hybridized carbons (Fsp3) is 0.0870. The summed E-state index contributed by atoms with van der Waals surface area (Å²) in [4.78, 5) is 17.4. The van der Waals surface area contributed by atoms with Crippen molar-refractivity contribution in [3.8, 4) is 17.1 Å². The molecule has 0 spiro atoms. The molecule has 1 heterocycles. The number of hydrogen-bond donors (Lipinski definition) is 1. The van der Waals surface area contributed by atoms with Crippen LogP contribution in [0.15, 0.2) is 71.2 Å². The molecule has 0 aliphatic heterocycles. The highest BCUT2D eigenvalue weighted by Crippen LogP contribution is 2.26. The highest BCUT2D eigenvalue weighted by molar-refractivity contribution is 9.10. The Hall–Kier alpha value is -2.96. The minimum atomic E-state index is -0.382. The largest absolute Gasteiger partial charge is 0.319 e. The molecule has 4 rings (SSSR count).